The maximum absolute atomic E-state index is 14.1. The maximum atomic E-state index is 14.1. The lowest BCUT2D eigenvalue weighted by molar-refractivity contribution is -0.510. The van der Waals surface area contributed by atoms with E-state index in [1.165, 1.54) is 0 Å². The zero-order valence-electron chi connectivity index (χ0n) is 13.6. The third-order valence-electron chi connectivity index (χ3n) is 2.65. The van der Waals surface area contributed by atoms with E-state index in [1.54, 1.807) is 0 Å². The van der Waals surface area contributed by atoms with Gasteiger partial charge in [-0.3, -0.25) is 14.3 Å². The van der Waals surface area contributed by atoms with E-state index in [1.807, 2.05) is 4.74 Å². The van der Waals surface area contributed by atoms with Crippen molar-refractivity contribution in [3.8, 4) is 0 Å². The minimum absolute atomic E-state index is 1.87. The monoisotopic (exact) mass is 536 g/mol. The van der Waals surface area contributed by atoms with Gasteiger partial charge in [0.2, 0.25) is 5.85 Å². The first-order chi connectivity index (χ1) is 13.1. The van der Waals surface area contributed by atoms with Crippen molar-refractivity contribution in [3.05, 3.63) is 0 Å². The second-order valence-electron chi connectivity index (χ2n) is 5.32. The molecule has 0 spiro atoms. The van der Waals surface area contributed by atoms with Crippen molar-refractivity contribution in [2.75, 3.05) is 11.5 Å². The molecule has 0 aliphatic heterocycles. The summed E-state index contributed by atoms with van der Waals surface area (Å²) in [6, 6.07) is 0. The molecule has 0 aromatic rings. The number of ether oxygens (including phenoxy) is 2. The molecule has 7 nitrogen and oxygen atoms in total. The predicted octanol–water partition coefficient (Wildman–Crippen LogP) is 2.53. The molecule has 0 heterocycles. The zero-order valence-corrected chi connectivity index (χ0v) is 15.2. The summed E-state index contributed by atoms with van der Waals surface area (Å²) in [6.07, 6.45) is -24.2. The highest BCUT2D eigenvalue weighted by Crippen LogP contribution is 2.52. The average molecular weight is 536 g/mol. The van der Waals surface area contributed by atoms with Crippen LogP contribution in [0.25, 0.3) is 0 Å². The standard InChI is InChI=1S/C9H5F13O7S2/c10-4(2-30(21,24)25,3-31(22,26)27)28-6(12,8(16,17)18)9(19,20)29-5(11,1-23)7(13,14)15/h1H,2-3H2. The van der Waals surface area contributed by atoms with Crippen LogP contribution in [-0.2, 0) is 34.7 Å². The molecule has 0 saturated heterocycles. The van der Waals surface area contributed by atoms with Crippen LogP contribution in [0.15, 0.2) is 0 Å². The molecule has 0 bridgehead atoms. The van der Waals surface area contributed by atoms with E-state index in [-0.39, 0.29) is 0 Å². The summed E-state index contributed by atoms with van der Waals surface area (Å²) < 4.78 is 214. The number of alkyl halides is 11. The second-order valence-corrected chi connectivity index (χ2v) is 8.06. The van der Waals surface area contributed by atoms with E-state index in [2.05, 4.69) is 4.74 Å². The van der Waals surface area contributed by atoms with Gasteiger partial charge in [0.15, 0.2) is 6.29 Å². The molecule has 31 heavy (non-hydrogen) atoms. The molecule has 0 saturated carbocycles. The highest BCUT2D eigenvalue weighted by molar-refractivity contribution is 7.87. The Morgan fingerprint density at radius 1 is 0.645 bits per heavy atom. The van der Waals surface area contributed by atoms with Gasteiger partial charge in [0.1, 0.15) is 11.5 Å². The van der Waals surface area contributed by atoms with Crippen LogP contribution in [0, 0.1) is 0 Å². The minimum atomic E-state index is -7.55. The van der Waals surface area contributed by atoms with Gasteiger partial charge in [0.25, 0.3) is 0 Å². The normalized spacial score (nSPS) is 18.9. The molecule has 2 unspecified atom stereocenters. The third kappa shape index (κ3) is 7.30. The minimum Gasteiger partial charge on any atom is -0.297 e. The first-order valence-corrected chi connectivity index (χ1v) is 9.53. The molecule has 0 aliphatic rings. The number of rotatable bonds is 10. The maximum Gasteiger partial charge on any atom is 0.458 e. The van der Waals surface area contributed by atoms with Gasteiger partial charge >= 0.3 is 50.6 Å². The summed E-state index contributed by atoms with van der Waals surface area (Å²) in [5, 5.41) is 0. The number of halogens is 13. The Bertz CT molecular complexity index is 846. The van der Waals surface area contributed by atoms with Gasteiger partial charge in [-0.25, -0.2) is 4.39 Å². The van der Waals surface area contributed by atoms with E-state index in [0.29, 0.717) is 0 Å². The van der Waals surface area contributed by atoms with Crippen LogP contribution in [-0.4, -0.2) is 70.7 Å². The van der Waals surface area contributed by atoms with Crippen LogP contribution in [0.3, 0.4) is 0 Å². The fourth-order valence-corrected chi connectivity index (χ4v) is 3.03. The molecule has 0 aromatic heterocycles. The van der Waals surface area contributed by atoms with Gasteiger partial charge in [-0.2, -0.15) is 60.7 Å². The number of carbonyl (C=O) groups is 1. The largest absolute Gasteiger partial charge is 0.458 e. The van der Waals surface area contributed by atoms with Gasteiger partial charge in [0, 0.05) is 0 Å². The van der Waals surface area contributed by atoms with Crippen molar-refractivity contribution in [2.45, 2.75) is 36.0 Å². The molecule has 186 valence electrons. The van der Waals surface area contributed by atoms with Gasteiger partial charge in [-0.05, 0) is 0 Å². The molecule has 0 fully saturated rings. The molecule has 0 rings (SSSR count). The van der Waals surface area contributed by atoms with Crippen molar-refractivity contribution in [3.63, 3.8) is 0 Å². The summed E-state index contributed by atoms with van der Waals surface area (Å²) in [7, 11) is -13.3. The number of aldehydes is 1. The van der Waals surface area contributed by atoms with Crippen molar-refractivity contribution in [2.24, 2.45) is 0 Å². The highest BCUT2D eigenvalue weighted by Gasteiger charge is 2.80. The van der Waals surface area contributed by atoms with Crippen LogP contribution in [0.5, 0.6) is 0 Å². The van der Waals surface area contributed by atoms with Crippen LogP contribution >= 0.6 is 0 Å². The SMILES string of the molecule is O=CC(F)(OC(F)(F)C(F)(OC(F)(CS(=O)(=O)F)CS(=O)(=O)F)C(F)(F)F)C(F)(F)F. The fourth-order valence-electron chi connectivity index (χ4n) is 1.55. The smallest absolute Gasteiger partial charge is 0.297 e. The van der Waals surface area contributed by atoms with Crippen LogP contribution < -0.4 is 0 Å². The molecule has 0 aliphatic carbocycles. The van der Waals surface area contributed by atoms with E-state index >= 15 is 0 Å². The fraction of sp³-hybridized carbons (Fsp3) is 0.889. The Morgan fingerprint density at radius 2 is 1.00 bits per heavy atom. The summed E-state index contributed by atoms with van der Waals surface area (Å²) in [5.41, 5.74) is 0. The summed E-state index contributed by atoms with van der Waals surface area (Å²) in [4.78, 5) is 10.1. The first kappa shape index (κ1) is 29.6. The second kappa shape index (κ2) is 8.17. The highest BCUT2D eigenvalue weighted by atomic mass is 32.3. The van der Waals surface area contributed by atoms with Crippen molar-refractivity contribution in [1.29, 1.82) is 0 Å². The Hall–Kier alpha value is -1.42. The van der Waals surface area contributed by atoms with E-state index in [9.17, 15) is 77.7 Å². The molecule has 0 amide bonds. The first-order valence-electron chi connectivity index (χ1n) is 6.43. The molecule has 0 radical (unpaired) electrons. The lowest BCUT2D eigenvalue weighted by Gasteiger charge is -2.39. The quantitative estimate of drug-likeness (QED) is 0.240. The Labute approximate surface area is 162 Å². The number of carbonyl (C=O) groups excluding carboxylic acids is 1. The molecule has 2 atom stereocenters. The lowest BCUT2D eigenvalue weighted by atomic mass is 10.2. The Balaban J connectivity index is 6.72. The van der Waals surface area contributed by atoms with Crippen LogP contribution in [0.1, 0.15) is 0 Å². The molecule has 22 heteroatoms. The van der Waals surface area contributed by atoms with Gasteiger partial charge in [-0.1, -0.05) is 0 Å². The molecule has 0 N–H and O–H groups in total. The summed E-state index contributed by atoms with van der Waals surface area (Å²) >= 11 is 0. The molecular weight excluding hydrogens is 531 g/mol. The molecular formula is C9H5F13O7S2. The van der Waals surface area contributed by atoms with Crippen LogP contribution in [0.2, 0.25) is 0 Å². The van der Waals surface area contributed by atoms with E-state index in [4.69, 9.17) is 0 Å². The van der Waals surface area contributed by atoms with Crippen molar-refractivity contribution in [1.82, 2.24) is 0 Å². The number of hydrogen-bond donors (Lipinski definition) is 0. The summed E-state index contributed by atoms with van der Waals surface area (Å²) in [5.74, 6) is -26.5. The van der Waals surface area contributed by atoms with Crippen molar-refractivity contribution < 1.29 is 87.2 Å². The van der Waals surface area contributed by atoms with E-state index < -0.39 is 74.3 Å². The van der Waals surface area contributed by atoms with Gasteiger partial charge in [0.05, 0.1) is 0 Å². The Kier molecular flexibility index (Phi) is 7.80. The van der Waals surface area contributed by atoms with Crippen molar-refractivity contribution >= 4 is 26.7 Å². The topological polar surface area (TPSA) is 104 Å². The zero-order chi connectivity index (χ0) is 25.5. The van der Waals surface area contributed by atoms with Gasteiger partial charge in [-0.15, -0.1) is 7.77 Å². The third-order valence-corrected chi connectivity index (χ3v) is 4.21. The number of hydrogen-bond acceptors (Lipinski definition) is 7. The molecule has 0 aromatic carbocycles. The Morgan fingerprint density at radius 3 is 1.23 bits per heavy atom. The van der Waals surface area contributed by atoms with Gasteiger partial charge < -0.3 is 0 Å². The predicted molar refractivity (Wildman–Crippen MR) is 66.6 cm³/mol. The summed E-state index contributed by atoms with van der Waals surface area (Å²) in [6.45, 7) is 0. The van der Waals surface area contributed by atoms with E-state index in [0.717, 1.165) is 0 Å². The lowest BCUT2D eigenvalue weighted by Crippen LogP contribution is -2.66. The average Bonchev–Trinajstić information content (AvgIpc) is 2.38. The van der Waals surface area contributed by atoms with Crippen LogP contribution in [0.4, 0.5) is 56.1 Å².